The van der Waals surface area contributed by atoms with Crippen molar-refractivity contribution in [1.82, 2.24) is 4.90 Å². The van der Waals surface area contributed by atoms with Gasteiger partial charge in [0.15, 0.2) is 0 Å². The maximum atomic E-state index is 12.2. The second kappa shape index (κ2) is 5.57. The van der Waals surface area contributed by atoms with Crippen molar-refractivity contribution in [2.24, 2.45) is 11.8 Å². The molecular weight excluding hydrogens is 250 g/mol. The third-order valence-electron chi connectivity index (χ3n) is 5.05. The summed E-state index contributed by atoms with van der Waals surface area (Å²) in [5.41, 5.74) is 1.17. The smallest absolute Gasteiger partial charge is 0.223 e. The zero-order valence-corrected chi connectivity index (χ0v) is 12.0. The predicted octanol–water partition coefficient (Wildman–Crippen LogP) is 2.76. The molecule has 0 spiro atoms. The van der Waals surface area contributed by atoms with E-state index in [1.54, 1.807) is 0 Å². The highest BCUT2D eigenvalue weighted by molar-refractivity contribution is 5.79. The Morgan fingerprint density at radius 2 is 1.90 bits per heavy atom. The van der Waals surface area contributed by atoms with Crippen LogP contribution in [0.25, 0.3) is 0 Å². The molecule has 20 heavy (non-hydrogen) atoms. The minimum atomic E-state index is -0.291. The molecule has 1 aliphatic heterocycles. The van der Waals surface area contributed by atoms with E-state index in [4.69, 9.17) is 0 Å². The molecule has 3 atom stereocenters. The van der Waals surface area contributed by atoms with Gasteiger partial charge in [0.05, 0.1) is 12.1 Å². The van der Waals surface area contributed by atoms with Gasteiger partial charge in [-0.15, -0.1) is 0 Å². The summed E-state index contributed by atoms with van der Waals surface area (Å²) in [5.74, 6) is 0.739. The summed E-state index contributed by atoms with van der Waals surface area (Å²) >= 11 is 0. The molecule has 1 amide bonds. The first-order valence-corrected chi connectivity index (χ1v) is 7.69. The lowest BCUT2D eigenvalue weighted by atomic mass is 9.76. The van der Waals surface area contributed by atoms with Gasteiger partial charge in [-0.1, -0.05) is 36.8 Å². The largest absolute Gasteiger partial charge is 0.392 e. The highest BCUT2D eigenvalue weighted by Crippen LogP contribution is 2.37. The van der Waals surface area contributed by atoms with Gasteiger partial charge in [0.2, 0.25) is 5.91 Å². The molecule has 1 N–H and O–H groups in total. The second-order valence-corrected chi connectivity index (χ2v) is 6.28. The molecule has 1 aromatic rings. The molecule has 1 heterocycles. The van der Waals surface area contributed by atoms with Crippen molar-refractivity contribution in [3.63, 3.8) is 0 Å². The first kappa shape index (κ1) is 13.6. The Kier molecular flexibility index (Phi) is 3.79. The normalized spacial score (nSPS) is 26.4. The van der Waals surface area contributed by atoms with Crippen LogP contribution in [-0.2, 0) is 4.79 Å². The number of amides is 1. The fourth-order valence-electron chi connectivity index (χ4n) is 3.44. The van der Waals surface area contributed by atoms with Gasteiger partial charge >= 0.3 is 0 Å². The van der Waals surface area contributed by atoms with Crippen LogP contribution in [0.2, 0.25) is 0 Å². The Hall–Kier alpha value is -1.35. The number of carbonyl (C=O) groups is 1. The number of benzene rings is 1. The molecule has 2 aliphatic rings. The predicted molar refractivity (Wildman–Crippen MR) is 78.0 cm³/mol. The molecule has 3 heteroatoms. The lowest BCUT2D eigenvalue weighted by Crippen LogP contribution is -2.35. The van der Waals surface area contributed by atoms with Crippen molar-refractivity contribution in [3.05, 3.63) is 35.9 Å². The third kappa shape index (κ3) is 2.47. The van der Waals surface area contributed by atoms with E-state index in [0.29, 0.717) is 18.9 Å². The minimum Gasteiger partial charge on any atom is -0.392 e. The lowest BCUT2D eigenvalue weighted by molar-refractivity contribution is -0.129. The molecule has 2 fully saturated rings. The van der Waals surface area contributed by atoms with Gasteiger partial charge in [-0.25, -0.2) is 0 Å². The molecule has 0 bridgehead atoms. The van der Waals surface area contributed by atoms with Crippen LogP contribution in [0.15, 0.2) is 30.3 Å². The van der Waals surface area contributed by atoms with Gasteiger partial charge < -0.3 is 10.0 Å². The molecule has 1 unspecified atom stereocenters. The molecule has 3 nitrogen and oxygen atoms in total. The highest BCUT2D eigenvalue weighted by atomic mass is 16.3. The maximum Gasteiger partial charge on any atom is 0.223 e. The van der Waals surface area contributed by atoms with Crippen LogP contribution >= 0.6 is 0 Å². The summed E-state index contributed by atoms with van der Waals surface area (Å²) in [7, 11) is 0. The van der Waals surface area contributed by atoms with Gasteiger partial charge in [-0.3, -0.25) is 4.79 Å². The average molecular weight is 273 g/mol. The molecular formula is C17H23NO2. The third-order valence-corrected chi connectivity index (χ3v) is 5.05. The molecule has 1 saturated heterocycles. The number of aliphatic hydroxyl groups is 1. The van der Waals surface area contributed by atoms with Crippen molar-refractivity contribution in [2.75, 3.05) is 6.54 Å². The second-order valence-electron chi connectivity index (χ2n) is 6.28. The Balaban J connectivity index is 1.67. The topological polar surface area (TPSA) is 40.5 Å². The van der Waals surface area contributed by atoms with E-state index in [2.05, 4.69) is 19.1 Å². The van der Waals surface area contributed by atoms with E-state index < -0.39 is 0 Å². The molecule has 3 rings (SSSR count). The van der Waals surface area contributed by atoms with E-state index >= 15 is 0 Å². The Labute approximate surface area is 120 Å². The average Bonchev–Trinajstić information content (AvgIpc) is 2.79. The van der Waals surface area contributed by atoms with Crippen molar-refractivity contribution < 1.29 is 9.90 Å². The number of hydrogen-bond donors (Lipinski definition) is 1. The highest BCUT2D eigenvalue weighted by Gasteiger charge is 2.40. The molecule has 0 aromatic heterocycles. The molecule has 108 valence electrons. The standard InChI is InChI=1S/C17H23NO2/c1-12(13-6-3-2-4-7-13)18-11-15(10-16(18)19)17(20)14-8-5-9-14/h2-4,6-7,12,14-15,17,20H,5,8-11H2,1H3/t12-,15-,17?/m1/s1. The van der Waals surface area contributed by atoms with Gasteiger partial charge in [0.25, 0.3) is 0 Å². The zero-order valence-electron chi connectivity index (χ0n) is 12.0. The van der Waals surface area contributed by atoms with Crippen molar-refractivity contribution >= 4 is 5.91 Å². The van der Waals surface area contributed by atoms with Crippen LogP contribution in [0.4, 0.5) is 0 Å². The van der Waals surface area contributed by atoms with Crippen LogP contribution in [0.3, 0.4) is 0 Å². The number of aliphatic hydroxyl groups excluding tert-OH is 1. The number of hydrogen-bond acceptors (Lipinski definition) is 2. The summed E-state index contributed by atoms with van der Waals surface area (Å²) < 4.78 is 0. The maximum absolute atomic E-state index is 12.2. The van der Waals surface area contributed by atoms with Gasteiger partial charge in [-0.05, 0) is 31.2 Å². The Morgan fingerprint density at radius 3 is 2.50 bits per heavy atom. The lowest BCUT2D eigenvalue weighted by Gasteiger charge is -2.34. The first-order chi connectivity index (χ1) is 9.66. The zero-order chi connectivity index (χ0) is 14.1. The number of carbonyl (C=O) groups excluding carboxylic acids is 1. The van der Waals surface area contributed by atoms with Crippen LogP contribution in [0, 0.1) is 11.8 Å². The Bertz CT molecular complexity index is 469. The van der Waals surface area contributed by atoms with E-state index in [-0.39, 0.29) is 24.0 Å². The monoisotopic (exact) mass is 273 g/mol. The van der Waals surface area contributed by atoms with Crippen LogP contribution in [0.5, 0.6) is 0 Å². The molecule has 1 saturated carbocycles. The van der Waals surface area contributed by atoms with Gasteiger partial charge in [0, 0.05) is 18.9 Å². The summed E-state index contributed by atoms with van der Waals surface area (Å²) in [5, 5.41) is 10.4. The number of nitrogens with zero attached hydrogens (tertiary/aromatic N) is 1. The summed E-state index contributed by atoms with van der Waals surface area (Å²) in [6.07, 6.45) is 3.70. The van der Waals surface area contributed by atoms with Crippen LogP contribution < -0.4 is 0 Å². The summed E-state index contributed by atoms with van der Waals surface area (Å²) in [6.45, 7) is 2.78. The quantitative estimate of drug-likeness (QED) is 0.916. The van der Waals surface area contributed by atoms with E-state index in [1.807, 2.05) is 23.1 Å². The van der Waals surface area contributed by atoms with Gasteiger partial charge in [0.1, 0.15) is 0 Å². The van der Waals surface area contributed by atoms with Crippen LogP contribution in [0.1, 0.15) is 44.2 Å². The fraction of sp³-hybridized carbons (Fsp3) is 0.588. The van der Waals surface area contributed by atoms with Crippen molar-refractivity contribution in [2.45, 2.75) is 44.8 Å². The summed E-state index contributed by atoms with van der Waals surface area (Å²) in [4.78, 5) is 14.2. The van der Waals surface area contributed by atoms with E-state index in [9.17, 15) is 9.90 Å². The number of rotatable bonds is 4. The van der Waals surface area contributed by atoms with Crippen molar-refractivity contribution in [1.29, 1.82) is 0 Å². The molecule has 0 radical (unpaired) electrons. The number of likely N-dealkylation sites (tertiary alicyclic amines) is 1. The minimum absolute atomic E-state index is 0.0993. The summed E-state index contributed by atoms with van der Waals surface area (Å²) in [6, 6.07) is 10.2. The fourth-order valence-corrected chi connectivity index (χ4v) is 3.44. The van der Waals surface area contributed by atoms with Crippen LogP contribution in [-0.4, -0.2) is 28.6 Å². The molecule has 1 aliphatic carbocycles. The first-order valence-electron chi connectivity index (χ1n) is 7.69. The molecule has 1 aromatic carbocycles. The van der Waals surface area contributed by atoms with Crippen molar-refractivity contribution in [3.8, 4) is 0 Å². The van der Waals surface area contributed by atoms with E-state index in [0.717, 1.165) is 12.8 Å². The van der Waals surface area contributed by atoms with E-state index in [1.165, 1.54) is 12.0 Å². The SMILES string of the molecule is C[C@H](c1ccccc1)N1C[C@H](C(O)C2CCC2)CC1=O. The Morgan fingerprint density at radius 1 is 1.20 bits per heavy atom. The van der Waals surface area contributed by atoms with Gasteiger partial charge in [-0.2, -0.15) is 0 Å².